The maximum atomic E-state index is 11.6. The topological polar surface area (TPSA) is 74.8 Å². The summed E-state index contributed by atoms with van der Waals surface area (Å²) in [7, 11) is 3.32. The van der Waals surface area contributed by atoms with Gasteiger partial charge in [-0.05, 0) is 49.6 Å². The number of carbonyl (C=O) groups is 1. The molecule has 0 saturated heterocycles. The van der Waals surface area contributed by atoms with Crippen LogP contribution in [0.15, 0.2) is 47.5 Å². The Morgan fingerprint density at radius 1 is 1.11 bits per heavy atom. The highest BCUT2D eigenvalue weighted by Gasteiger charge is 2.05. The molecule has 2 rings (SSSR count). The Bertz CT molecular complexity index is 801. The molecule has 0 radical (unpaired) electrons. The van der Waals surface area contributed by atoms with Crippen LogP contribution in [0, 0.1) is 6.92 Å². The second kappa shape index (κ2) is 11.0. The standard InChI is InChI=1S/C22H30N4O2/c1-5-24-22(25-13-12-19-14-16(2)6-11-20(19)28-4)26-15-17-7-9-18(10-8-17)21(27)23-3/h6-11,14H,5,12-13,15H2,1-4H3,(H,23,27)(H2,24,25,26). The van der Waals surface area contributed by atoms with Gasteiger partial charge in [-0.1, -0.05) is 29.8 Å². The minimum Gasteiger partial charge on any atom is -0.496 e. The van der Waals surface area contributed by atoms with E-state index in [2.05, 4.69) is 40.0 Å². The van der Waals surface area contributed by atoms with Crippen LogP contribution in [0.1, 0.15) is 34.0 Å². The van der Waals surface area contributed by atoms with Gasteiger partial charge in [0.1, 0.15) is 5.75 Å². The van der Waals surface area contributed by atoms with E-state index in [1.54, 1.807) is 14.2 Å². The van der Waals surface area contributed by atoms with Crippen molar-refractivity contribution < 1.29 is 9.53 Å². The highest BCUT2D eigenvalue weighted by Crippen LogP contribution is 2.19. The van der Waals surface area contributed by atoms with Gasteiger partial charge >= 0.3 is 0 Å². The summed E-state index contributed by atoms with van der Waals surface area (Å²) < 4.78 is 5.44. The quantitative estimate of drug-likeness (QED) is 0.485. The van der Waals surface area contributed by atoms with Crippen LogP contribution in [0.25, 0.3) is 0 Å². The van der Waals surface area contributed by atoms with Crippen molar-refractivity contribution in [3.05, 3.63) is 64.7 Å². The number of aliphatic imine (C=N–C) groups is 1. The second-order valence-electron chi connectivity index (χ2n) is 6.46. The molecule has 2 aromatic carbocycles. The van der Waals surface area contributed by atoms with Gasteiger partial charge in [0.15, 0.2) is 5.96 Å². The van der Waals surface area contributed by atoms with Gasteiger partial charge < -0.3 is 20.7 Å². The third kappa shape index (κ3) is 6.30. The van der Waals surface area contributed by atoms with E-state index in [9.17, 15) is 4.79 Å². The molecule has 0 aliphatic heterocycles. The van der Waals surface area contributed by atoms with E-state index in [0.29, 0.717) is 12.1 Å². The minimum atomic E-state index is -0.0865. The van der Waals surface area contributed by atoms with E-state index in [0.717, 1.165) is 36.8 Å². The highest BCUT2D eigenvalue weighted by molar-refractivity contribution is 5.93. The zero-order valence-electron chi connectivity index (χ0n) is 17.1. The van der Waals surface area contributed by atoms with E-state index >= 15 is 0 Å². The molecule has 6 nitrogen and oxygen atoms in total. The molecule has 3 N–H and O–H groups in total. The molecular weight excluding hydrogens is 352 g/mol. The fourth-order valence-corrected chi connectivity index (χ4v) is 2.84. The van der Waals surface area contributed by atoms with Crippen molar-refractivity contribution in [3.63, 3.8) is 0 Å². The molecule has 0 aliphatic carbocycles. The van der Waals surface area contributed by atoms with E-state index < -0.39 is 0 Å². The minimum absolute atomic E-state index is 0.0865. The zero-order valence-corrected chi connectivity index (χ0v) is 17.1. The third-order valence-corrected chi connectivity index (χ3v) is 4.33. The maximum absolute atomic E-state index is 11.6. The predicted molar refractivity (Wildman–Crippen MR) is 114 cm³/mol. The molecule has 2 aromatic rings. The molecule has 0 spiro atoms. The van der Waals surface area contributed by atoms with Crippen LogP contribution in [0.3, 0.4) is 0 Å². The lowest BCUT2D eigenvalue weighted by Gasteiger charge is -2.13. The lowest BCUT2D eigenvalue weighted by Crippen LogP contribution is -2.38. The van der Waals surface area contributed by atoms with Crippen molar-refractivity contribution in [1.29, 1.82) is 0 Å². The molecular formula is C22H30N4O2. The smallest absolute Gasteiger partial charge is 0.251 e. The molecule has 0 aliphatic rings. The Hall–Kier alpha value is -3.02. The summed E-state index contributed by atoms with van der Waals surface area (Å²) in [6.45, 7) is 6.20. The molecule has 1 amide bonds. The Kier molecular flexibility index (Phi) is 8.34. The van der Waals surface area contributed by atoms with Gasteiger partial charge in [-0.2, -0.15) is 0 Å². The molecule has 28 heavy (non-hydrogen) atoms. The van der Waals surface area contributed by atoms with Crippen molar-refractivity contribution in [2.24, 2.45) is 4.99 Å². The largest absolute Gasteiger partial charge is 0.496 e. The number of guanidine groups is 1. The lowest BCUT2D eigenvalue weighted by atomic mass is 10.1. The van der Waals surface area contributed by atoms with E-state index in [-0.39, 0.29) is 5.91 Å². The van der Waals surface area contributed by atoms with Crippen molar-refractivity contribution >= 4 is 11.9 Å². The van der Waals surface area contributed by atoms with Crippen LogP contribution in [-0.2, 0) is 13.0 Å². The predicted octanol–water partition coefficient (Wildman–Crippen LogP) is 2.66. The van der Waals surface area contributed by atoms with Gasteiger partial charge in [0, 0.05) is 25.7 Å². The summed E-state index contributed by atoms with van der Waals surface area (Å²) in [5, 5.41) is 9.25. The highest BCUT2D eigenvalue weighted by atomic mass is 16.5. The normalized spacial score (nSPS) is 11.1. The molecule has 6 heteroatoms. The summed E-state index contributed by atoms with van der Waals surface area (Å²) in [6.07, 6.45) is 0.843. The number of ether oxygens (including phenoxy) is 1. The van der Waals surface area contributed by atoms with Crippen LogP contribution in [-0.4, -0.2) is 39.1 Å². The Balaban J connectivity index is 1.95. The SMILES string of the molecule is CCNC(=NCc1ccc(C(=O)NC)cc1)NCCc1cc(C)ccc1OC. The summed E-state index contributed by atoms with van der Waals surface area (Å²) in [5.74, 6) is 1.59. The maximum Gasteiger partial charge on any atom is 0.251 e. The first kappa shape index (κ1) is 21.3. The van der Waals surface area contributed by atoms with Crippen LogP contribution in [0.4, 0.5) is 0 Å². The van der Waals surface area contributed by atoms with E-state index in [1.165, 1.54) is 11.1 Å². The Labute approximate surface area is 167 Å². The number of nitrogens with one attached hydrogen (secondary N) is 3. The van der Waals surface area contributed by atoms with E-state index in [4.69, 9.17) is 4.74 Å². The Morgan fingerprint density at radius 3 is 2.50 bits per heavy atom. The first-order chi connectivity index (χ1) is 13.6. The van der Waals surface area contributed by atoms with Gasteiger partial charge in [0.2, 0.25) is 0 Å². The number of aryl methyl sites for hydroxylation is 1. The van der Waals surface area contributed by atoms with Crippen molar-refractivity contribution in [2.75, 3.05) is 27.2 Å². The van der Waals surface area contributed by atoms with Gasteiger partial charge in [0.05, 0.1) is 13.7 Å². The lowest BCUT2D eigenvalue weighted by molar-refractivity contribution is 0.0963. The first-order valence-electron chi connectivity index (χ1n) is 9.54. The van der Waals surface area contributed by atoms with Crippen molar-refractivity contribution in [3.8, 4) is 5.75 Å². The zero-order chi connectivity index (χ0) is 20.4. The molecule has 0 fully saturated rings. The van der Waals surface area contributed by atoms with Crippen molar-refractivity contribution in [1.82, 2.24) is 16.0 Å². The van der Waals surface area contributed by atoms with Gasteiger partial charge in [-0.25, -0.2) is 4.99 Å². The van der Waals surface area contributed by atoms with E-state index in [1.807, 2.05) is 37.3 Å². The molecule has 0 aromatic heterocycles. The summed E-state index contributed by atoms with van der Waals surface area (Å²) in [4.78, 5) is 16.2. The monoisotopic (exact) mass is 382 g/mol. The third-order valence-electron chi connectivity index (χ3n) is 4.33. The number of hydrogen-bond acceptors (Lipinski definition) is 3. The van der Waals surface area contributed by atoms with Gasteiger partial charge in [0.25, 0.3) is 5.91 Å². The van der Waals surface area contributed by atoms with Crippen LogP contribution < -0.4 is 20.7 Å². The summed E-state index contributed by atoms with van der Waals surface area (Å²) in [5.41, 5.74) is 4.09. The van der Waals surface area contributed by atoms with Crippen LogP contribution >= 0.6 is 0 Å². The molecule has 0 saturated carbocycles. The van der Waals surface area contributed by atoms with Crippen molar-refractivity contribution in [2.45, 2.75) is 26.8 Å². The molecule has 0 atom stereocenters. The van der Waals surface area contributed by atoms with Gasteiger partial charge in [-0.3, -0.25) is 4.79 Å². The first-order valence-corrected chi connectivity index (χ1v) is 9.54. The van der Waals surface area contributed by atoms with Crippen LogP contribution in [0.5, 0.6) is 5.75 Å². The Morgan fingerprint density at radius 2 is 1.86 bits per heavy atom. The number of hydrogen-bond donors (Lipinski definition) is 3. The number of amides is 1. The fraction of sp³-hybridized carbons (Fsp3) is 0.364. The van der Waals surface area contributed by atoms with Crippen LogP contribution in [0.2, 0.25) is 0 Å². The number of methoxy groups -OCH3 is 1. The molecule has 150 valence electrons. The summed E-state index contributed by atoms with van der Waals surface area (Å²) >= 11 is 0. The summed E-state index contributed by atoms with van der Waals surface area (Å²) in [6, 6.07) is 13.7. The number of carbonyl (C=O) groups excluding carboxylic acids is 1. The number of rotatable bonds is 8. The number of nitrogens with zero attached hydrogens (tertiary/aromatic N) is 1. The number of benzene rings is 2. The fourth-order valence-electron chi connectivity index (χ4n) is 2.84. The average molecular weight is 383 g/mol. The average Bonchev–Trinajstić information content (AvgIpc) is 2.72. The van der Waals surface area contributed by atoms with Gasteiger partial charge in [-0.15, -0.1) is 0 Å². The molecule has 0 unspecified atom stereocenters. The molecule has 0 bridgehead atoms. The second-order valence-corrected chi connectivity index (χ2v) is 6.46. The molecule has 0 heterocycles.